The zero-order chi connectivity index (χ0) is 16.9. The molecule has 1 heterocycles. The van der Waals surface area contributed by atoms with Crippen molar-refractivity contribution < 1.29 is 18.8 Å². The molecule has 0 bridgehead atoms. The first-order valence-corrected chi connectivity index (χ1v) is 7.98. The number of methoxy groups -OCH3 is 1. The van der Waals surface area contributed by atoms with E-state index in [0.29, 0.717) is 17.0 Å². The van der Waals surface area contributed by atoms with Crippen molar-refractivity contribution >= 4 is 21.9 Å². The maximum absolute atomic E-state index is 12.0. The summed E-state index contributed by atoms with van der Waals surface area (Å²) in [5, 5.41) is 3.93. The second kappa shape index (κ2) is 7.31. The van der Waals surface area contributed by atoms with Gasteiger partial charge in [-0.2, -0.15) is 0 Å². The number of ether oxygens (including phenoxy) is 2. The molecule has 0 amide bonds. The predicted molar refractivity (Wildman–Crippen MR) is 91.8 cm³/mol. The highest BCUT2D eigenvalue weighted by Crippen LogP contribution is 2.24. The molecule has 3 rings (SSSR count). The fraction of sp³-hybridized carbons (Fsp3) is 0.111. The smallest absolute Gasteiger partial charge is 0.338 e. The third kappa shape index (κ3) is 3.83. The van der Waals surface area contributed by atoms with E-state index >= 15 is 0 Å². The van der Waals surface area contributed by atoms with Crippen LogP contribution in [0.3, 0.4) is 0 Å². The lowest BCUT2D eigenvalue weighted by Crippen LogP contribution is -2.05. The largest absolute Gasteiger partial charge is 0.497 e. The molecule has 0 radical (unpaired) electrons. The Bertz CT molecular complexity index is 859. The Labute approximate surface area is 147 Å². The predicted octanol–water partition coefficient (Wildman–Crippen LogP) is 4.47. The number of nitrogens with zero attached hydrogens (tertiary/aromatic N) is 1. The minimum atomic E-state index is -0.415. The highest BCUT2D eigenvalue weighted by Gasteiger charge is 2.11. The Morgan fingerprint density at radius 1 is 1.17 bits per heavy atom. The maximum atomic E-state index is 12.0. The monoisotopic (exact) mass is 387 g/mol. The maximum Gasteiger partial charge on any atom is 0.338 e. The van der Waals surface area contributed by atoms with Crippen molar-refractivity contribution in [2.75, 3.05) is 7.11 Å². The highest BCUT2D eigenvalue weighted by molar-refractivity contribution is 9.10. The standard InChI is InChI=1S/C18H14BrNO4/c1-22-16-7-3-4-12(9-16)17-10-15(20-24-17)11-23-18(21)13-5-2-6-14(19)8-13/h2-10H,11H2,1H3. The van der Waals surface area contributed by atoms with E-state index in [-0.39, 0.29) is 6.61 Å². The quantitative estimate of drug-likeness (QED) is 0.604. The second-order valence-corrected chi connectivity index (χ2v) is 5.92. The molecular formula is C18H14BrNO4. The lowest BCUT2D eigenvalue weighted by Gasteiger charge is -2.02. The van der Waals surface area contributed by atoms with Crippen molar-refractivity contribution in [3.8, 4) is 17.1 Å². The normalized spacial score (nSPS) is 10.4. The van der Waals surface area contributed by atoms with Gasteiger partial charge >= 0.3 is 5.97 Å². The number of hydrogen-bond acceptors (Lipinski definition) is 5. The SMILES string of the molecule is COc1cccc(-c2cc(COC(=O)c3cccc(Br)c3)no2)c1. The third-order valence-corrected chi connectivity index (χ3v) is 3.82. The zero-order valence-corrected chi connectivity index (χ0v) is 14.4. The van der Waals surface area contributed by atoms with E-state index in [4.69, 9.17) is 14.0 Å². The van der Waals surface area contributed by atoms with Crippen molar-refractivity contribution in [1.82, 2.24) is 5.16 Å². The second-order valence-electron chi connectivity index (χ2n) is 5.00. The summed E-state index contributed by atoms with van der Waals surface area (Å²) in [7, 11) is 1.60. The number of halogens is 1. The van der Waals surface area contributed by atoms with E-state index in [0.717, 1.165) is 15.8 Å². The zero-order valence-electron chi connectivity index (χ0n) is 12.9. The first-order valence-electron chi connectivity index (χ1n) is 7.18. The summed E-state index contributed by atoms with van der Waals surface area (Å²) in [5.74, 6) is 0.899. The van der Waals surface area contributed by atoms with Crippen molar-refractivity contribution in [2.45, 2.75) is 6.61 Å². The van der Waals surface area contributed by atoms with Gasteiger partial charge in [-0.1, -0.05) is 39.3 Å². The van der Waals surface area contributed by atoms with E-state index in [9.17, 15) is 4.79 Å². The molecule has 0 aliphatic carbocycles. The van der Waals surface area contributed by atoms with Crippen molar-refractivity contribution in [3.05, 3.63) is 70.3 Å². The molecule has 0 saturated carbocycles. The Morgan fingerprint density at radius 2 is 2.00 bits per heavy atom. The molecule has 122 valence electrons. The first kappa shape index (κ1) is 16.3. The molecule has 0 fully saturated rings. The van der Waals surface area contributed by atoms with Crippen molar-refractivity contribution in [2.24, 2.45) is 0 Å². The van der Waals surface area contributed by atoms with Crippen molar-refractivity contribution in [1.29, 1.82) is 0 Å². The molecule has 6 heteroatoms. The van der Waals surface area contributed by atoms with E-state index < -0.39 is 5.97 Å². The summed E-state index contributed by atoms with van der Waals surface area (Å²) >= 11 is 3.32. The lowest BCUT2D eigenvalue weighted by molar-refractivity contribution is 0.0464. The molecule has 0 atom stereocenters. The van der Waals surface area contributed by atoms with Crippen LogP contribution in [0, 0.1) is 0 Å². The Kier molecular flexibility index (Phi) is 4.96. The van der Waals surface area contributed by atoms with Crippen LogP contribution >= 0.6 is 15.9 Å². The van der Waals surface area contributed by atoms with Crippen LogP contribution in [-0.2, 0) is 11.3 Å². The van der Waals surface area contributed by atoms with Crippen LogP contribution in [-0.4, -0.2) is 18.2 Å². The number of esters is 1. The summed E-state index contributed by atoms with van der Waals surface area (Å²) < 4.78 is 16.6. The molecule has 0 N–H and O–H groups in total. The van der Waals surface area contributed by atoms with Gasteiger partial charge in [0.25, 0.3) is 0 Å². The summed E-state index contributed by atoms with van der Waals surface area (Å²) in [5.41, 5.74) is 1.85. The molecular weight excluding hydrogens is 374 g/mol. The molecule has 0 aliphatic rings. The van der Waals surface area contributed by atoms with E-state index in [1.165, 1.54) is 0 Å². The molecule has 0 aliphatic heterocycles. The van der Waals surface area contributed by atoms with Gasteiger partial charge in [0, 0.05) is 16.1 Å². The fourth-order valence-corrected chi connectivity index (χ4v) is 2.53. The Morgan fingerprint density at radius 3 is 2.79 bits per heavy atom. The van der Waals surface area contributed by atoms with E-state index in [1.54, 1.807) is 31.4 Å². The average Bonchev–Trinajstić information content (AvgIpc) is 3.09. The lowest BCUT2D eigenvalue weighted by atomic mass is 10.1. The minimum Gasteiger partial charge on any atom is -0.497 e. The Balaban J connectivity index is 1.67. The molecule has 0 spiro atoms. The van der Waals surface area contributed by atoms with Crippen molar-refractivity contribution in [3.63, 3.8) is 0 Å². The van der Waals surface area contributed by atoms with Gasteiger partial charge < -0.3 is 14.0 Å². The van der Waals surface area contributed by atoms with Crippen LogP contribution in [0.15, 0.2) is 63.6 Å². The molecule has 1 aromatic heterocycles. The van der Waals surface area contributed by atoms with Gasteiger partial charge in [0.15, 0.2) is 5.76 Å². The van der Waals surface area contributed by atoms with Gasteiger partial charge in [-0.3, -0.25) is 0 Å². The average molecular weight is 388 g/mol. The van der Waals surface area contributed by atoms with Gasteiger partial charge in [-0.15, -0.1) is 0 Å². The molecule has 5 nitrogen and oxygen atoms in total. The number of hydrogen-bond donors (Lipinski definition) is 0. The number of carbonyl (C=O) groups is 1. The summed E-state index contributed by atoms with van der Waals surface area (Å²) in [6.45, 7) is 0.0405. The molecule has 2 aromatic carbocycles. The van der Waals surface area contributed by atoms with Gasteiger partial charge in [0.05, 0.1) is 12.7 Å². The summed E-state index contributed by atoms with van der Waals surface area (Å²) in [4.78, 5) is 12.0. The number of carbonyl (C=O) groups excluding carboxylic acids is 1. The van der Waals surface area contributed by atoms with Crippen LogP contribution in [0.4, 0.5) is 0 Å². The van der Waals surface area contributed by atoms with Crippen LogP contribution in [0.5, 0.6) is 5.75 Å². The molecule has 3 aromatic rings. The van der Waals surface area contributed by atoms with Crippen LogP contribution in [0.1, 0.15) is 16.1 Å². The van der Waals surface area contributed by atoms with Crippen LogP contribution in [0.25, 0.3) is 11.3 Å². The summed E-state index contributed by atoms with van der Waals surface area (Å²) in [6.07, 6.45) is 0. The third-order valence-electron chi connectivity index (χ3n) is 3.32. The minimum absolute atomic E-state index is 0.0405. The number of rotatable bonds is 5. The number of aromatic nitrogens is 1. The number of benzene rings is 2. The van der Waals surface area contributed by atoms with Crippen LogP contribution < -0.4 is 4.74 Å². The van der Waals surface area contributed by atoms with E-state index in [1.807, 2.05) is 30.3 Å². The summed E-state index contributed by atoms with van der Waals surface area (Å²) in [6, 6.07) is 16.2. The molecule has 0 saturated heterocycles. The Hall–Kier alpha value is -2.60. The highest BCUT2D eigenvalue weighted by atomic mass is 79.9. The molecule has 0 unspecified atom stereocenters. The molecule has 24 heavy (non-hydrogen) atoms. The fourth-order valence-electron chi connectivity index (χ4n) is 2.13. The van der Waals surface area contributed by atoms with Gasteiger partial charge in [0.1, 0.15) is 18.1 Å². The van der Waals surface area contributed by atoms with Gasteiger partial charge in [-0.25, -0.2) is 4.79 Å². The van der Waals surface area contributed by atoms with Gasteiger partial charge in [0.2, 0.25) is 0 Å². The van der Waals surface area contributed by atoms with E-state index in [2.05, 4.69) is 21.1 Å². The van der Waals surface area contributed by atoms with Gasteiger partial charge in [-0.05, 0) is 30.3 Å². The van der Waals surface area contributed by atoms with Crippen LogP contribution in [0.2, 0.25) is 0 Å². The first-order chi connectivity index (χ1) is 11.7. The topological polar surface area (TPSA) is 61.6 Å².